The summed E-state index contributed by atoms with van der Waals surface area (Å²) < 4.78 is 15.4. The lowest BCUT2D eigenvalue weighted by molar-refractivity contribution is 0.581. The lowest BCUT2D eigenvalue weighted by Gasteiger charge is -2.14. The van der Waals surface area contributed by atoms with Gasteiger partial charge in [0.25, 0.3) is 0 Å². The van der Waals surface area contributed by atoms with Gasteiger partial charge in [0.2, 0.25) is 0 Å². The van der Waals surface area contributed by atoms with E-state index in [-0.39, 0.29) is 5.82 Å². The Morgan fingerprint density at radius 3 is 2.69 bits per heavy atom. The summed E-state index contributed by atoms with van der Waals surface area (Å²) in [5.41, 5.74) is 2.29. The van der Waals surface area contributed by atoms with Gasteiger partial charge in [-0.15, -0.1) is 0 Å². The van der Waals surface area contributed by atoms with Gasteiger partial charge in [-0.05, 0) is 45.2 Å². The minimum absolute atomic E-state index is 0.176. The lowest BCUT2D eigenvalue weighted by Crippen LogP contribution is -2.12. The molecule has 1 aromatic heterocycles. The van der Waals surface area contributed by atoms with E-state index in [1.54, 1.807) is 6.07 Å². The average molecular weight is 220 g/mol. The molecule has 86 valence electrons. The third-order valence-corrected chi connectivity index (χ3v) is 2.75. The van der Waals surface area contributed by atoms with Crippen molar-refractivity contribution in [3.63, 3.8) is 0 Å². The molecule has 0 atom stereocenters. The van der Waals surface area contributed by atoms with E-state index in [0.29, 0.717) is 6.04 Å². The number of benzene rings is 1. The Bertz CT molecular complexity index is 500. The number of halogens is 1. The Morgan fingerprint density at radius 2 is 2.06 bits per heavy atom. The van der Waals surface area contributed by atoms with Crippen LogP contribution in [0.4, 0.5) is 4.39 Å². The van der Waals surface area contributed by atoms with Crippen molar-refractivity contribution in [1.82, 2.24) is 9.88 Å². The summed E-state index contributed by atoms with van der Waals surface area (Å²) >= 11 is 0. The average Bonchev–Trinajstić information content (AvgIpc) is 2.55. The molecule has 0 unspecified atom stereocenters. The first-order valence-corrected chi connectivity index (χ1v) is 5.57. The van der Waals surface area contributed by atoms with E-state index in [4.69, 9.17) is 0 Å². The number of nitrogens with zero attached hydrogens (tertiary/aromatic N) is 1. The van der Waals surface area contributed by atoms with E-state index >= 15 is 0 Å². The molecule has 2 nitrogen and oxygen atoms in total. The van der Waals surface area contributed by atoms with Crippen LogP contribution >= 0.6 is 0 Å². The Hall–Kier alpha value is -1.35. The molecule has 0 spiro atoms. The molecule has 0 fully saturated rings. The SMILES string of the molecule is CNCc1cc2cc(F)ccc2n1C(C)C. The highest BCUT2D eigenvalue weighted by Crippen LogP contribution is 2.24. The van der Waals surface area contributed by atoms with Crippen LogP contribution in [-0.4, -0.2) is 11.6 Å². The molecule has 0 bridgehead atoms. The van der Waals surface area contributed by atoms with Crippen molar-refractivity contribution in [3.8, 4) is 0 Å². The van der Waals surface area contributed by atoms with Crippen molar-refractivity contribution in [2.24, 2.45) is 0 Å². The molecule has 1 N–H and O–H groups in total. The van der Waals surface area contributed by atoms with Crippen molar-refractivity contribution >= 4 is 10.9 Å². The molecule has 16 heavy (non-hydrogen) atoms. The molecule has 0 amide bonds. The van der Waals surface area contributed by atoms with Crippen LogP contribution in [-0.2, 0) is 6.54 Å². The van der Waals surface area contributed by atoms with Crippen LogP contribution in [0.2, 0.25) is 0 Å². The molecular formula is C13H17FN2. The summed E-state index contributed by atoms with van der Waals surface area (Å²) in [6, 6.07) is 7.39. The normalized spacial score (nSPS) is 11.6. The largest absolute Gasteiger partial charge is 0.341 e. The van der Waals surface area contributed by atoms with E-state index < -0.39 is 0 Å². The standard InChI is InChI=1S/C13H17FN2/c1-9(2)16-12(8-15-3)7-10-6-11(14)4-5-13(10)16/h4-7,9,15H,8H2,1-3H3. The van der Waals surface area contributed by atoms with Crippen molar-refractivity contribution < 1.29 is 4.39 Å². The summed E-state index contributed by atoms with van der Waals surface area (Å²) in [5.74, 6) is -0.176. The molecule has 0 saturated heterocycles. The van der Waals surface area contributed by atoms with E-state index in [1.165, 1.54) is 11.8 Å². The van der Waals surface area contributed by atoms with Crippen LogP contribution in [0.1, 0.15) is 25.6 Å². The molecular weight excluding hydrogens is 203 g/mol. The van der Waals surface area contributed by atoms with Gasteiger partial charge in [0.05, 0.1) is 0 Å². The van der Waals surface area contributed by atoms with Gasteiger partial charge >= 0.3 is 0 Å². The number of aromatic nitrogens is 1. The smallest absolute Gasteiger partial charge is 0.123 e. The van der Waals surface area contributed by atoms with Crippen LogP contribution < -0.4 is 5.32 Å². The number of hydrogen-bond acceptors (Lipinski definition) is 1. The molecule has 3 heteroatoms. The second-order valence-electron chi connectivity index (χ2n) is 4.33. The Balaban J connectivity index is 2.65. The fourth-order valence-electron chi connectivity index (χ4n) is 2.19. The summed E-state index contributed by atoms with van der Waals surface area (Å²) in [5, 5.41) is 4.11. The van der Waals surface area contributed by atoms with Gasteiger partial charge < -0.3 is 9.88 Å². The quantitative estimate of drug-likeness (QED) is 0.841. The van der Waals surface area contributed by atoms with E-state index in [1.807, 2.05) is 13.1 Å². The van der Waals surface area contributed by atoms with Gasteiger partial charge in [0, 0.05) is 29.2 Å². The highest BCUT2D eigenvalue weighted by atomic mass is 19.1. The molecule has 0 aliphatic heterocycles. The molecule has 1 aromatic carbocycles. The fraction of sp³-hybridized carbons (Fsp3) is 0.385. The van der Waals surface area contributed by atoms with Crippen molar-refractivity contribution in [1.29, 1.82) is 0 Å². The highest BCUT2D eigenvalue weighted by molar-refractivity contribution is 5.81. The number of rotatable bonds is 3. The van der Waals surface area contributed by atoms with Crippen LogP contribution in [0.5, 0.6) is 0 Å². The maximum atomic E-state index is 13.1. The predicted molar refractivity (Wildman–Crippen MR) is 65.0 cm³/mol. The first-order chi connectivity index (χ1) is 7.63. The minimum atomic E-state index is -0.176. The van der Waals surface area contributed by atoms with E-state index in [0.717, 1.165) is 17.4 Å². The van der Waals surface area contributed by atoms with E-state index in [2.05, 4.69) is 29.8 Å². The summed E-state index contributed by atoms with van der Waals surface area (Å²) in [4.78, 5) is 0. The number of nitrogens with one attached hydrogen (secondary N) is 1. The second kappa shape index (κ2) is 4.26. The first-order valence-electron chi connectivity index (χ1n) is 5.57. The highest BCUT2D eigenvalue weighted by Gasteiger charge is 2.11. The minimum Gasteiger partial charge on any atom is -0.341 e. The van der Waals surface area contributed by atoms with Crippen molar-refractivity contribution in [2.75, 3.05) is 7.05 Å². The van der Waals surface area contributed by atoms with Crippen LogP contribution in [0.25, 0.3) is 10.9 Å². The maximum absolute atomic E-state index is 13.1. The van der Waals surface area contributed by atoms with Gasteiger partial charge in [-0.3, -0.25) is 0 Å². The molecule has 0 saturated carbocycles. The van der Waals surface area contributed by atoms with Crippen molar-refractivity contribution in [2.45, 2.75) is 26.4 Å². The first kappa shape index (κ1) is 11.1. The van der Waals surface area contributed by atoms with Gasteiger partial charge in [-0.1, -0.05) is 0 Å². The molecule has 1 heterocycles. The van der Waals surface area contributed by atoms with Gasteiger partial charge in [0.1, 0.15) is 5.82 Å². The van der Waals surface area contributed by atoms with Gasteiger partial charge in [0.15, 0.2) is 0 Å². The zero-order chi connectivity index (χ0) is 11.7. The van der Waals surface area contributed by atoms with Crippen LogP contribution in [0.15, 0.2) is 24.3 Å². The second-order valence-corrected chi connectivity index (χ2v) is 4.33. The molecule has 2 rings (SSSR count). The van der Waals surface area contributed by atoms with Gasteiger partial charge in [-0.2, -0.15) is 0 Å². The molecule has 0 aliphatic carbocycles. The number of fused-ring (bicyclic) bond motifs is 1. The van der Waals surface area contributed by atoms with Crippen LogP contribution in [0.3, 0.4) is 0 Å². The third-order valence-electron chi connectivity index (χ3n) is 2.75. The van der Waals surface area contributed by atoms with Crippen molar-refractivity contribution in [3.05, 3.63) is 35.8 Å². The Morgan fingerprint density at radius 1 is 1.31 bits per heavy atom. The Labute approximate surface area is 95.1 Å². The zero-order valence-corrected chi connectivity index (χ0v) is 9.92. The maximum Gasteiger partial charge on any atom is 0.123 e. The zero-order valence-electron chi connectivity index (χ0n) is 9.92. The molecule has 0 radical (unpaired) electrons. The monoisotopic (exact) mass is 220 g/mol. The summed E-state index contributed by atoms with van der Waals surface area (Å²) in [6.07, 6.45) is 0. The van der Waals surface area contributed by atoms with E-state index in [9.17, 15) is 4.39 Å². The third kappa shape index (κ3) is 1.83. The summed E-state index contributed by atoms with van der Waals surface area (Å²) in [6.45, 7) is 5.08. The molecule has 2 aromatic rings. The number of hydrogen-bond donors (Lipinski definition) is 1. The van der Waals surface area contributed by atoms with Gasteiger partial charge in [-0.25, -0.2) is 4.39 Å². The predicted octanol–water partition coefficient (Wildman–Crippen LogP) is 3.08. The fourth-order valence-corrected chi connectivity index (χ4v) is 2.19. The topological polar surface area (TPSA) is 17.0 Å². The van der Waals surface area contributed by atoms with Crippen LogP contribution in [0, 0.1) is 5.82 Å². The lowest BCUT2D eigenvalue weighted by atomic mass is 10.2. The Kier molecular flexibility index (Phi) is 2.97. The molecule has 0 aliphatic rings. The summed E-state index contributed by atoms with van der Waals surface area (Å²) in [7, 11) is 1.92.